The molecule has 3 aromatic rings. The maximum absolute atomic E-state index is 12.6. The first-order valence-electron chi connectivity index (χ1n) is 11.2. The Morgan fingerprint density at radius 2 is 1.78 bits per heavy atom. The first-order chi connectivity index (χ1) is 15.5. The Morgan fingerprint density at radius 1 is 1.03 bits per heavy atom. The summed E-state index contributed by atoms with van der Waals surface area (Å²) >= 11 is 0. The summed E-state index contributed by atoms with van der Waals surface area (Å²) in [6.07, 6.45) is 3.54. The van der Waals surface area contributed by atoms with Crippen LogP contribution in [0.15, 0.2) is 59.6 Å². The number of aromatic nitrogens is 1. The van der Waals surface area contributed by atoms with E-state index in [1.54, 1.807) is 24.3 Å². The van der Waals surface area contributed by atoms with E-state index in [0.29, 0.717) is 18.9 Å². The van der Waals surface area contributed by atoms with Crippen LogP contribution < -0.4 is 9.46 Å². The van der Waals surface area contributed by atoms with Gasteiger partial charge in [0.25, 0.3) is 0 Å². The fourth-order valence-corrected chi connectivity index (χ4v) is 5.06. The number of H-pyrrole nitrogens is 1. The molecule has 0 amide bonds. The predicted octanol–water partition coefficient (Wildman–Crippen LogP) is 2.71. The molecule has 1 fully saturated rings. The maximum Gasteiger partial charge on any atom is 0.240 e. The van der Waals surface area contributed by atoms with Crippen molar-refractivity contribution in [2.24, 2.45) is 0 Å². The number of aryl methyl sites for hydroxylation is 1. The Bertz CT molecular complexity index is 1100. The molecule has 4 rings (SSSR count). The summed E-state index contributed by atoms with van der Waals surface area (Å²) in [5.41, 5.74) is 2.31. The van der Waals surface area contributed by atoms with Crippen molar-refractivity contribution in [3.05, 3.63) is 60.3 Å². The van der Waals surface area contributed by atoms with E-state index in [1.807, 2.05) is 24.4 Å². The van der Waals surface area contributed by atoms with Crippen LogP contribution >= 0.6 is 0 Å². The van der Waals surface area contributed by atoms with Crippen LogP contribution in [0.1, 0.15) is 12.0 Å². The second kappa shape index (κ2) is 10.5. The van der Waals surface area contributed by atoms with Crippen LogP contribution in [0.25, 0.3) is 10.9 Å². The predicted molar refractivity (Wildman–Crippen MR) is 128 cm³/mol. The lowest BCUT2D eigenvalue weighted by Crippen LogP contribution is -2.45. The van der Waals surface area contributed by atoms with Gasteiger partial charge in [0.2, 0.25) is 10.0 Å². The first kappa shape index (κ1) is 22.8. The molecule has 2 heterocycles. The van der Waals surface area contributed by atoms with Gasteiger partial charge in [-0.15, -0.1) is 0 Å². The van der Waals surface area contributed by atoms with E-state index in [1.165, 1.54) is 10.9 Å². The number of rotatable bonds is 10. The highest BCUT2D eigenvalue weighted by Gasteiger charge is 2.15. The van der Waals surface area contributed by atoms with Gasteiger partial charge in [-0.25, -0.2) is 13.1 Å². The molecule has 1 aliphatic heterocycles. The monoisotopic (exact) mass is 456 g/mol. The normalized spacial score (nSPS) is 15.9. The van der Waals surface area contributed by atoms with E-state index in [0.717, 1.165) is 51.1 Å². The molecule has 1 aromatic heterocycles. The van der Waals surface area contributed by atoms with Crippen LogP contribution in [0.2, 0.25) is 0 Å². The lowest BCUT2D eigenvalue weighted by molar-refractivity contribution is 0.133. The van der Waals surface area contributed by atoms with Crippen LogP contribution in [0.4, 0.5) is 0 Å². The number of sulfonamides is 1. The summed E-state index contributed by atoms with van der Waals surface area (Å²) in [5.74, 6) is 0.692. The minimum Gasteiger partial charge on any atom is -0.492 e. The highest BCUT2D eigenvalue weighted by atomic mass is 32.2. The fraction of sp³-hybridized carbons (Fsp3) is 0.417. The van der Waals surface area contributed by atoms with Crippen molar-refractivity contribution in [2.45, 2.75) is 17.7 Å². The van der Waals surface area contributed by atoms with Gasteiger partial charge in [-0.05, 0) is 55.8 Å². The summed E-state index contributed by atoms with van der Waals surface area (Å²) in [6, 6.07) is 14.8. The quantitative estimate of drug-likeness (QED) is 0.459. The second-order valence-corrected chi connectivity index (χ2v) is 10.1. The zero-order valence-electron chi connectivity index (χ0n) is 18.6. The number of nitrogens with one attached hydrogen (secondary N) is 2. The Labute approximate surface area is 190 Å². The van der Waals surface area contributed by atoms with E-state index < -0.39 is 10.0 Å². The molecule has 0 saturated carbocycles. The molecule has 2 aromatic carbocycles. The highest BCUT2D eigenvalue weighted by Crippen LogP contribution is 2.19. The average molecular weight is 457 g/mol. The smallest absolute Gasteiger partial charge is 0.240 e. The molecule has 0 radical (unpaired) electrons. The molecule has 1 aliphatic rings. The maximum atomic E-state index is 12.6. The zero-order valence-corrected chi connectivity index (χ0v) is 19.4. The second-order valence-electron chi connectivity index (χ2n) is 8.33. The molecular weight excluding hydrogens is 424 g/mol. The van der Waals surface area contributed by atoms with Crippen molar-refractivity contribution in [2.75, 3.05) is 52.9 Å². The molecule has 0 aliphatic carbocycles. The lowest BCUT2D eigenvalue weighted by atomic mass is 10.1. The largest absolute Gasteiger partial charge is 0.492 e. The van der Waals surface area contributed by atoms with Gasteiger partial charge in [0, 0.05) is 56.4 Å². The molecule has 32 heavy (non-hydrogen) atoms. The summed E-state index contributed by atoms with van der Waals surface area (Å²) in [6.45, 7) is 6.16. The first-order valence-corrected chi connectivity index (χ1v) is 12.7. The molecule has 7 nitrogen and oxygen atoms in total. The van der Waals surface area contributed by atoms with Crippen molar-refractivity contribution >= 4 is 20.9 Å². The molecule has 0 atom stereocenters. The third-order valence-electron chi connectivity index (χ3n) is 6.00. The number of nitrogens with zero attached hydrogens (tertiary/aromatic N) is 2. The average Bonchev–Trinajstić information content (AvgIpc) is 3.22. The third kappa shape index (κ3) is 5.89. The minimum absolute atomic E-state index is 0.260. The van der Waals surface area contributed by atoms with Crippen LogP contribution in [0.3, 0.4) is 0 Å². The summed E-state index contributed by atoms with van der Waals surface area (Å²) in [7, 11) is -1.39. The lowest BCUT2D eigenvalue weighted by Gasteiger charge is -2.32. The van der Waals surface area contributed by atoms with Crippen LogP contribution in [-0.2, 0) is 16.4 Å². The summed E-state index contributed by atoms with van der Waals surface area (Å²) in [5, 5.41) is 1.19. The van der Waals surface area contributed by atoms with E-state index in [9.17, 15) is 8.42 Å². The van der Waals surface area contributed by atoms with Gasteiger partial charge in [0.15, 0.2) is 0 Å². The third-order valence-corrected chi connectivity index (χ3v) is 7.47. The molecule has 0 unspecified atom stereocenters. The van der Waals surface area contributed by atoms with E-state index in [2.05, 4.69) is 32.6 Å². The SMILES string of the molecule is CN1CCN(CCOc2ccc(S(=O)(=O)NCCCc3c[nH]c4ccccc34)cc2)CC1. The number of benzene rings is 2. The zero-order chi connectivity index (χ0) is 22.4. The number of hydrogen-bond donors (Lipinski definition) is 2. The van der Waals surface area contributed by atoms with E-state index in [-0.39, 0.29) is 4.90 Å². The van der Waals surface area contributed by atoms with Crippen molar-refractivity contribution in [3.8, 4) is 5.75 Å². The fourth-order valence-electron chi connectivity index (χ4n) is 3.99. The van der Waals surface area contributed by atoms with E-state index in [4.69, 9.17) is 4.74 Å². The van der Waals surface area contributed by atoms with Crippen molar-refractivity contribution in [3.63, 3.8) is 0 Å². The van der Waals surface area contributed by atoms with Gasteiger partial charge in [-0.1, -0.05) is 18.2 Å². The number of hydrogen-bond acceptors (Lipinski definition) is 5. The number of fused-ring (bicyclic) bond motifs is 1. The van der Waals surface area contributed by atoms with Crippen LogP contribution in [0.5, 0.6) is 5.75 Å². The Balaban J connectivity index is 1.21. The summed E-state index contributed by atoms with van der Waals surface area (Å²) < 4.78 is 33.7. The van der Waals surface area contributed by atoms with Gasteiger partial charge < -0.3 is 14.6 Å². The molecular formula is C24H32N4O3S. The van der Waals surface area contributed by atoms with E-state index >= 15 is 0 Å². The number of aromatic amines is 1. The van der Waals surface area contributed by atoms with Crippen LogP contribution in [-0.4, -0.2) is 76.1 Å². The van der Waals surface area contributed by atoms with Crippen molar-refractivity contribution in [1.82, 2.24) is 19.5 Å². The standard InChI is InChI=1S/C24H32N4O3S/c1-27-13-15-28(16-14-27)17-18-31-21-8-10-22(11-9-21)32(29,30)26-12-4-5-20-19-25-24-7-3-2-6-23(20)24/h2-3,6-11,19,25-26H,4-5,12-18H2,1H3. The van der Waals surface area contributed by atoms with Gasteiger partial charge in [-0.2, -0.15) is 0 Å². The molecule has 0 spiro atoms. The topological polar surface area (TPSA) is 77.7 Å². The molecule has 172 valence electrons. The minimum atomic E-state index is -3.53. The van der Waals surface area contributed by atoms with Gasteiger partial charge >= 0.3 is 0 Å². The Kier molecular flexibility index (Phi) is 7.47. The number of ether oxygens (including phenoxy) is 1. The summed E-state index contributed by atoms with van der Waals surface area (Å²) in [4.78, 5) is 8.23. The molecule has 2 N–H and O–H groups in total. The van der Waals surface area contributed by atoms with Crippen molar-refractivity contribution in [1.29, 1.82) is 0 Å². The molecule has 0 bridgehead atoms. The Hall–Kier alpha value is -2.39. The number of piperazine rings is 1. The van der Waals surface area contributed by atoms with Gasteiger partial charge in [0.05, 0.1) is 4.90 Å². The number of para-hydroxylation sites is 1. The van der Waals surface area contributed by atoms with Crippen molar-refractivity contribution < 1.29 is 13.2 Å². The van der Waals surface area contributed by atoms with Crippen LogP contribution in [0, 0.1) is 0 Å². The molecule has 1 saturated heterocycles. The van der Waals surface area contributed by atoms with Gasteiger partial charge in [-0.3, -0.25) is 4.90 Å². The highest BCUT2D eigenvalue weighted by molar-refractivity contribution is 7.89. The van der Waals surface area contributed by atoms with Gasteiger partial charge in [0.1, 0.15) is 12.4 Å². The Morgan fingerprint density at radius 3 is 2.56 bits per heavy atom. The molecule has 8 heteroatoms. The number of likely N-dealkylation sites (N-methyl/N-ethyl adjacent to an activating group) is 1.